The molecule has 0 radical (unpaired) electrons. The molecule has 16 nitrogen and oxygen atoms in total. The Morgan fingerprint density at radius 2 is 1.31 bits per heavy atom. The molecule has 0 spiro atoms. The molecule has 0 bridgehead atoms. The van der Waals surface area contributed by atoms with E-state index in [0.29, 0.717) is 58.6 Å². The zero-order valence-electron chi connectivity index (χ0n) is 36.7. The van der Waals surface area contributed by atoms with E-state index in [1.54, 1.807) is 66.7 Å². The molecule has 352 valence electrons. The van der Waals surface area contributed by atoms with Gasteiger partial charge in [0, 0.05) is 35.8 Å². The highest BCUT2D eigenvalue weighted by Gasteiger charge is 2.41. The first-order valence-electron chi connectivity index (χ1n) is 21.8. The second-order valence-corrected chi connectivity index (χ2v) is 16.1. The van der Waals surface area contributed by atoms with Crippen molar-refractivity contribution in [2.24, 2.45) is 5.92 Å². The van der Waals surface area contributed by atoms with Crippen molar-refractivity contribution in [3.05, 3.63) is 172 Å². The number of hydrogen-bond donors (Lipinski definition) is 5. The molecule has 3 atom stereocenters. The van der Waals surface area contributed by atoms with Gasteiger partial charge >= 0.3 is 12.2 Å². The average Bonchev–Trinajstić information content (AvgIpc) is 3.35. The number of likely N-dealkylation sites (tertiary alicyclic amines) is 1. The van der Waals surface area contributed by atoms with Crippen LogP contribution in [-0.2, 0) is 68.2 Å². The summed E-state index contributed by atoms with van der Waals surface area (Å²) < 4.78 is 35.5. The third-order valence-electron chi connectivity index (χ3n) is 11.3. The van der Waals surface area contributed by atoms with Crippen LogP contribution in [0.15, 0.2) is 133 Å². The minimum Gasteiger partial charge on any atom is -0.508 e. The number of ether oxygens (including phenoxy) is 6. The van der Waals surface area contributed by atoms with E-state index in [0.717, 1.165) is 16.5 Å². The van der Waals surface area contributed by atoms with Crippen LogP contribution in [-0.4, -0.2) is 87.3 Å². The molecule has 0 saturated carbocycles. The van der Waals surface area contributed by atoms with Gasteiger partial charge < -0.3 is 48.6 Å². The van der Waals surface area contributed by atoms with Crippen LogP contribution in [0.25, 0.3) is 10.8 Å². The van der Waals surface area contributed by atoms with Gasteiger partial charge in [0.15, 0.2) is 0 Å². The molecule has 0 aliphatic carbocycles. The Hall–Kier alpha value is -6.76. The van der Waals surface area contributed by atoms with Crippen molar-refractivity contribution >= 4 is 23.0 Å². The number of rotatable bonds is 21. The fourth-order valence-corrected chi connectivity index (χ4v) is 7.84. The maximum Gasteiger partial charge on any atom is 0.508 e. The highest BCUT2D eigenvalue weighted by atomic mass is 17.1. The van der Waals surface area contributed by atoms with E-state index in [9.17, 15) is 24.9 Å². The number of piperidine rings is 1. The Bertz CT molecular complexity index is 2500. The van der Waals surface area contributed by atoms with E-state index >= 15 is 0 Å². The molecule has 5 N–H and O–H groups in total. The van der Waals surface area contributed by atoms with Gasteiger partial charge in [0.25, 0.3) is 0 Å². The number of benzene rings is 6. The van der Waals surface area contributed by atoms with E-state index in [1.165, 1.54) is 4.90 Å². The predicted molar refractivity (Wildman–Crippen MR) is 242 cm³/mol. The lowest BCUT2D eigenvalue weighted by Crippen LogP contribution is -2.52. The van der Waals surface area contributed by atoms with E-state index in [1.807, 2.05) is 66.7 Å². The number of aliphatic hydroxyl groups is 1. The first kappa shape index (κ1) is 48.2. The Kier molecular flexibility index (Phi) is 17.4. The molecule has 7 rings (SSSR count). The van der Waals surface area contributed by atoms with Gasteiger partial charge in [-0.2, -0.15) is 0 Å². The summed E-state index contributed by atoms with van der Waals surface area (Å²) in [5, 5.41) is 49.2. The number of fused-ring (bicyclic) bond motifs is 1. The number of carbonyl (C=O) groups excluding carboxylic acids is 2. The molecule has 1 fully saturated rings. The Morgan fingerprint density at radius 1 is 0.642 bits per heavy atom. The smallest absolute Gasteiger partial charge is 0.508 e. The number of amides is 1. The maximum atomic E-state index is 13.9. The van der Waals surface area contributed by atoms with E-state index < -0.39 is 30.2 Å². The van der Waals surface area contributed by atoms with E-state index in [2.05, 4.69) is 4.84 Å². The zero-order valence-corrected chi connectivity index (χ0v) is 36.7. The molecule has 3 unspecified atom stereocenters. The minimum absolute atomic E-state index is 0.0546. The standard InChI is InChI=1S/C51H54N2O14/c54-28-35-10-12-37(13-11-35)30-65-51(58)66-34-43-26-52(50(57)64-29-36-14-16-38(17-15-36)32-67-53(59)60)27-48(63-31-39-24-41-6-1-3-8-45(41)47(56)25-39)49(43)40-18-20-44(21-19-40)62-23-5-22-61-33-42-7-2-4-9-46(42)55/h1-4,6-21,24-25,43,48-49,54-56,59-60H,5,22-23,26-34H2. The van der Waals surface area contributed by atoms with Gasteiger partial charge in [0.1, 0.15) is 37.1 Å². The fourth-order valence-electron chi connectivity index (χ4n) is 7.84. The summed E-state index contributed by atoms with van der Waals surface area (Å²) in [4.78, 5) is 33.2. The Balaban J connectivity index is 1.07. The molecule has 6 aromatic rings. The topological polar surface area (TPSA) is 206 Å². The SMILES string of the molecule is O=C(OCc1ccc(CO)cc1)OCC1CN(C(=O)OCc2ccc(CON(O)O)cc2)CC(OCc2cc(O)c3ccccc3c2)C1c1ccc(OCCCOCc2ccccc2O)cc1. The molecule has 1 aliphatic heterocycles. The Morgan fingerprint density at radius 3 is 2.03 bits per heavy atom. The number of phenolic OH excluding ortho intramolecular Hbond substituents is 2. The fraction of sp³-hybridized carbons (Fsp3) is 0.294. The molecule has 1 saturated heterocycles. The summed E-state index contributed by atoms with van der Waals surface area (Å²) in [5.41, 5.74) is 5.03. The second kappa shape index (κ2) is 24.1. The number of aromatic hydroxyl groups is 2. The summed E-state index contributed by atoms with van der Waals surface area (Å²) >= 11 is 0. The van der Waals surface area contributed by atoms with Crippen LogP contribution >= 0.6 is 0 Å². The highest BCUT2D eigenvalue weighted by molar-refractivity contribution is 5.88. The lowest BCUT2D eigenvalue weighted by molar-refractivity contribution is -0.497. The summed E-state index contributed by atoms with van der Waals surface area (Å²) in [6, 6.07) is 39.5. The molecule has 0 aromatic heterocycles. The highest BCUT2D eigenvalue weighted by Crippen LogP contribution is 2.38. The third-order valence-corrected chi connectivity index (χ3v) is 11.3. The van der Waals surface area contributed by atoms with Gasteiger partial charge in [-0.3, -0.25) is 10.4 Å². The normalized spacial score (nSPS) is 15.9. The zero-order chi connectivity index (χ0) is 47.0. The van der Waals surface area contributed by atoms with Gasteiger partial charge in [0.05, 0.1) is 57.7 Å². The number of para-hydroxylation sites is 1. The van der Waals surface area contributed by atoms with Gasteiger partial charge in [-0.25, -0.2) is 14.4 Å². The third kappa shape index (κ3) is 14.1. The van der Waals surface area contributed by atoms with Crippen molar-refractivity contribution in [2.75, 3.05) is 32.9 Å². The molecule has 67 heavy (non-hydrogen) atoms. The molecule has 1 heterocycles. The van der Waals surface area contributed by atoms with Crippen LogP contribution in [0.1, 0.15) is 51.3 Å². The molecule has 1 aliphatic rings. The van der Waals surface area contributed by atoms with E-state index in [4.69, 9.17) is 38.8 Å². The molecular weight excluding hydrogens is 865 g/mol. The first-order chi connectivity index (χ1) is 32.6. The minimum atomic E-state index is -0.901. The number of carbonyl (C=O) groups is 2. The first-order valence-corrected chi connectivity index (χ1v) is 21.8. The van der Waals surface area contributed by atoms with Crippen molar-refractivity contribution in [1.29, 1.82) is 0 Å². The number of hydrogen-bond acceptors (Lipinski definition) is 15. The second-order valence-electron chi connectivity index (χ2n) is 16.1. The van der Waals surface area contributed by atoms with Crippen LogP contribution < -0.4 is 4.74 Å². The van der Waals surface area contributed by atoms with Gasteiger partial charge in [-0.15, -0.1) is 0 Å². The predicted octanol–water partition coefficient (Wildman–Crippen LogP) is 8.53. The van der Waals surface area contributed by atoms with Crippen LogP contribution in [0.4, 0.5) is 9.59 Å². The maximum absolute atomic E-state index is 13.9. The van der Waals surface area contributed by atoms with Crippen LogP contribution in [0.5, 0.6) is 17.2 Å². The van der Waals surface area contributed by atoms with Crippen molar-refractivity contribution in [2.45, 2.75) is 58.1 Å². The number of nitrogens with zero attached hydrogens (tertiary/aromatic N) is 2. The summed E-state index contributed by atoms with van der Waals surface area (Å²) in [6.07, 6.45) is -1.57. The summed E-state index contributed by atoms with van der Waals surface area (Å²) in [7, 11) is 0. The number of phenols is 2. The molecule has 1 amide bonds. The van der Waals surface area contributed by atoms with Crippen LogP contribution in [0, 0.1) is 5.92 Å². The van der Waals surface area contributed by atoms with Crippen molar-refractivity contribution < 1.29 is 68.6 Å². The van der Waals surface area contributed by atoms with Crippen molar-refractivity contribution in [3.8, 4) is 17.2 Å². The van der Waals surface area contributed by atoms with Gasteiger partial charge in [-0.1, -0.05) is 103 Å². The summed E-state index contributed by atoms with van der Waals surface area (Å²) in [5.74, 6) is -0.0109. The molecular formula is C51H54N2O14. The van der Waals surface area contributed by atoms with Gasteiger partial charge in [-0.05, 0) is 69.1 Å². The van der Waals surface area contributed by atoms with Crippen LogP contribution in [0.2, 0.25) is 0 Å². The molecule has 6 aromatic carbocycles. The van der Waals surface area contributed by atoms with Gasteiger partial charge in [0.2, 0.25) is 0 Å². The monoisotopic (exact) mass is 918 g/mol. The van der Waals surface area contributed by atoms with Crippen molar-refractivity contribution in [3.63, 3.8) is 0 Å². The largest absolute Gasteiger partial charge is 0.508 e. The van der Waals surface area contributed by atoms with Crippen LogP contribution in [0.3, 0.4) is 0 Å². The molecule has 16 heteroatoms. The lowest BCUT2D eigenvalue weighted by atomic mass is 9.78. The van der Waals surface area contributed by atoms with Crippen molar-refractivity contribution in [1.82, 2.24) is 10.3 Å². The average molecular weight is 919 g/mol. The summed E-state index contributed by atoms with van der Waals surface area (Å²) in [6.45, 7) is 0.963. The Labute approximate surface area is 387 Å². The number of aliphatic hydroxyl groups excluding tert-OH is 1. The lowest BCUT2D eigenvalue weighted by Gasteiger charge is -2.43. The quantitative estimate of drug-likeness (QED) is 0.0261. The van der Waals surface area contributed by atoms with E-state index in [-0.39, 0.29) is 76.2 Å².